The first-order valence-corrected chi connectivity index (χ1v) is 25.5. The van der Waals surface area contributed by atoms with E-state index in [1.54, 1.807) is 0 Å². The Morgan fingerprint density at radius 1 is 0.295 bits per heavy atom. The van der Waals surface area contributed by atoms with Crippen LogP contribution < -0.4 is 75.7 Å². The van der Waals surface area contributed by atoms with Crippen LogP contribution in [-0.2, 0) is 95.9 Å². The molecule has 0 saturated carbocycles. The lowest BCUT2D eigenvalue weighted by atomic mass is 10.1. The zero-order valence-electron chi connectivity index (χ0n) is 46.5. The molecule has 14 amide bonds. The smallest absolute Gasteiger partial charge is 0.305 e. The quantitative estimate of drug-likeness (QED) is 0.0270. The van der Waals surface area contributed by atoms with Crippen LogP contribution in [0.5, 0.6) is 0 Å². The number of hydrogen-bond donors (Lipinski definition) is 22. The minimum Gasteiger partial charge on any atom is -0.481 e. The van der Waals surface area contributed by atoms with E-state index in [1.807, 2.05) is 47.9 Å². The van der Waals surface area contributed by atoms with Gasteiger partial charge in [0.15, 0.2) is 0 Å². The molecule has 88 heavy (non-hydrogen) atoms. The van der Waals surface area contributed by atoms with Crippen LogP contribution in [0, 0.1) is 0 Å². The number of nitrogens with one attached hydrogen (secondary N) is 11. The number of carbonyl (C=O) groups excluding carboxylic acids is 14. The SMILES string of the molecule is CC(=O)N[C@H](CC(N)=O)C(=O)N[C@H](CC(=O)O)C(=O)N[C@H](CO)C(=O)N[C@H](CCC(=O)O)C(=O)N[C@H](CC(=O)O)C(=O)N[C@H](CC(N)=O)C(=O)N[C@H](CO)C(=O)NC(CC(=O)O)C(=O)N[C@H](CCC(=O)O)C(=O)N[C@H](CCC(=O)O)C(=O)N[C@H](C)C(N)=O. The average Bonchev–Trinajstić information content (AvgIpc) is 2.85. The highest BCUT2D eigenvalue weighted by Gasteiger charge is 2.38. The molecule has 0 aliphatic heterocycles. The van der Waals surface area contributed by atoms with Crippen molar-refractivity contribution in [3.05, 3.63) is 0 Å². The zero-order valence-corrected chi connectivity index (χ0v) is 46.5. The fourth-order valence-corrected chi connectivity index (χ4v) is 7.05. The minimum atomic E-state index is -2.38. The molecule has 0 fully saturated rings. The van der Waals surface area contributed by atoms with Gasteiger partial charge >= 0.3 is 35.8 Å². The summed E-state index contributed by atoms with van der Waals surface area (Å²) in [6.07, 6.45) is -11.2. The van der Waals surface area contributed by atoms with Crippen LogP contribution in [-0.4, -0.2) is 239 Å². The third kappa shape index (κ3) is 30.7. The number of aliphatic hydroxyl groups is 2. The Balaban J connectivity index is 6.78. The fraction of sp³-hybridized carbons (Fsp3) is 0.565. The predicted octanol–water partition coefficient (Wildman–Crippen LogP) is -12.4. The molecule has 0 aromatic rings. The van der Waals surface area contributed by atoms with E-state index >= 15 is 0 Å². The third-order valence-electron chi connectivity index (χ3n) is 11.4. The lowest BCUT2D eigenvalue weighted by Crippen LogP contribution is -2.62. The maximum atomic E-state index is 13.7. The lowest BCUT2D eigenvalue weighted by molar-refractivity contribution is -0.143. The molecule has 0 bridgehead atoms. The fourth-order valence-electron chi connectivity index (χ4n) is 7.05. The van der Waals surface area contributed by atoms with Gasteiger partial charge in [0, 0.05) is 26.2 Å². The van der Waals surface area contributed by atoms with Crippen molar-refractivity contribution in [1.29, 1.82) is 0 Å². The molecular formula is C46H68N14O28. The van der Waals surface area contributed by atoms with E-state index in [2.05, 4.69) is 10.6 Å². The number of carboxylic acids is 6. The summed E-state index contributed by atoms with van der Waals surface area (Å²) in [5.74, 6) is -29.8. The number of nitrogens with two attached hydrogens (primary N) is 3. The number of carbonyl (C=O) groups is 20. The second kappa shape index (κ2) is 38.3. The highest BCUT2D eigenvalue weighted by molar-refractivity contribution is 6.02. The van der Waals surface area contributed by atoms with Crippen molar-refractivity contribution in [2.24, 2.45) is 17.2 Å². The molecule has 0 aliphatic carbocycles. The second-order valence-electron chi connectivity index (χ2n) is 18.7. The van der Waals surface area contributed by atoms with Gasteiger partial charge in [-0.25, -0.2) is 0 Å². The summed E-state index contributed by atoms with van der Waals surface area (Å²) in [5.41, 5.74) is 15.4. The molecule has 25 N–H and O–H groups in total. The lowest BCUT2D eigenvalue weighted by Gasteiger charge is -2.27. The molecule has 11 atom stereocenters. The Kier molecular flexibility index (Phi) is 33.7. The number of hydrogen-bond acceptors (Lipinski definition) is 22. The van der Waals surface area contributed by atoms with Crippen LogP contribution in [0.3, 0.4) is 0 Å². The van der Waals surface area contributed by atoms with Crippen molar-refractivity contribution in [2.75, 3.05) is 13.2 Å². The summed E-state index contributed by atoms with van der Waals surface area (Å²) in [5, 5.41) is 97.8. The molecule has 0 radical (unpaired) electrons. The van der Waals surface area contributed by atoms with Crippen LogP contribution in [0.4, 0.5) is 0 Å². The van der Waals surface area contributed by atoms with Gasteiger partial charge in [0.2, 0.25) is 82.7 Å². The zero-order chi connectivity index (χ0) is 67.9. The summed E-state index contributed by atoms with van der Waals surface area (Å²) < 4.78 is 0. The van der Waals surface area contributed by atoms with E-state index in [0.717, 1.165) is 13.8 Å². The number of aliphatic carboxylic acids is 6. The number of carboxylic acid groups (broad SMARTS) is 6. The maximum Gasteiger partial charge on any atom is 0.305 e. The van der Waals surface area contributed by atoms with E-state index in [1.165, 1.54) is 0 Å². The van der Waals surface area contributed by atoms with Crippen molar-refractivity contribution < 1.29 is 137 Å². The average molecular weight is 1270 g/mol. The van der Waals surface area contributed by atoms with E-state index in [4.69, 9.17) is 17.2 Å². The number of rotatable bonds is 43. The monoisotopic (exact) mass is 1260 g/mol. The van der Waals surface area contributed by atoms with E-state index < -0.39 is 269 Å². The van der Waals surface area contributed by atoms with Gasteiger partial charge in [-0.15, -0.1) is 0 Å². The molecule has 0 spiro atoms. The second-order valence-corrected chi connectivity index (χ2v) is 18.7. The van der Waals surface area contributed by atoms with Gasteiger partial charge in [-0.3, -0.25) is 95.9 Å². The summed E-state index contributed by atoms with van der Waals surface area (Å²) in [6, 6.07) is -22.7. The maximum absolute atomic E-state index is 13.7. The van der Waals surface area contributed by atoms with E-state index in [9.17, 15) is 137 Å². The Morgan fingerprint density at radius 3 is 0.716 bits per heavy atom. The van der Waals surface area contributed by atoms with Crippen LogP contribution in [0.25, 0.3) is 0 Å². The molecule has 0 aromatic heterocycles. The van der Waals surface area contributed by atoms with Crippen LogP contribution >= 0.6 is 0 Å². The molecule has 0 rings (SSSR count). The van der Waals surface area contributed by atoms with Gasteiger partial charge in [-0.2, -0.15) is 0 Å². The van der Waals surface area contributed by atoms with Crippen LogP contribution in [0.2, 0.25) is 0 Å². The largest absolute Gasteiger partial charge is 0.481 e. The van der Waals surface area contributed by atoms with E-state index in [0.29, 0.717) is 0 Å². The molecule has 0 aliphatic rings. The number of primary amides is 3. The Hall–Kier alpha value is -10.7. The Morgan fingerprint density at radius 2 is 0.500 bits per heavy atom. The molecule has 42 heteroatoms. The Labute approximate surface area is 494 Å². The molecule has 0 aromatic carbocycles. The predicted molar refractivity (Wildman–Crippen MR) is 281 cm³/mol. The van der Waals surface area contributed by atoms with Crippen molar-refractivity contribution in [3.8, 4) is 0 Å². The first-order chi connectivity index (χ1) is 40.8. The summed E-state index contributed by atoms with van der Waals surface area (Å²) in [7, 11) is 0. The first-order valence-electron chi connectivity index (χ1n) is 25.5. The highest BCUT2D eigenvalue weighted by atomic mass is 16.4. The van der Waals surface area contributed by atoms with Gasteiger partial charge in [-0.1, -0.05) is 0 Å². The first kappa shape index (κ1) is 77.3. The van der Waals surface area contributed by atoms with Crippen molar-refractivity contribution in [3.63, 3.8) is 0 Å². The van der Waals surface area contributed by atoms with Crippen LogP contribution in [0.1, 0.15) is 84.5 Å². The van der Waals surface area contributed by atoms with Gasteiger partial charge < -0.3 is 117 Å². The molecule has 490 valence electrons. The summed E-state index contributed by atoms with van der Waals surface area (Å²) in [4.78, 5) is 250. The summed E-state index contributed by atoms with van der Waals surface area (Å²) >= 11 is 0. The van der Waals surface area contributed by atoms with Gasteiger partial charge in [0.1, 0.15) is 66.5 Å². The van der Waals surface area contributed by atoms with Crippen molar-refractivity contribution in [2.45, 2.75) is 151 Å². The topological polar surface area (TPSA) is 714 Å². The molecule has 1 unspecified atom stereocenters. The van der Waals surface area contributed by atoms with Crippen molar-refractivity contribution in [1.82, 2.24) is 58.5 Å². The van der Waals surface area contributed by atoms with Crippen molar-refractivity contribution >= 4 is 119 Å². The molecule has 42 nitrogen and oxygen atoms in total. The molecular weight excluding hydrogens is 1200 g/mol. The third-order valence-corrected chi connectivity index (χ3v) is 11.4. The standard InChI is InChI=1S/C46H68N14O28/c1-16(36(49)78)50-37(79)18(3-6-30(66)67)52-38(80)19(4-7-31(68)69)53-42(84)23(11-33(72)73)58-46(88)27(15-62)59-41(83)22(10-29(48)65)55-43(85)24(12-34(74)75)56-39(81)20(5-8-32(70)71)54-45(87)26(14-61)60-44(86)25(13-35(76)77)57-40(82)21(9-28(47)64)51-17(2)63/h16,18-27,61-62H,3-15H2,1-2H3,(H2,47,64)(H2,48,65)(H2,49,78)(H,50,79)(H,51,63)(H,52,80)(H,53,84)(H,54,87)(H,55,85)(H,56,81)(H,57,82)(H,58,88)(H,59,83)(H,60,86)(H,66,67)(H,68,69)(H,70,71)(H,72,73)(H,74,75)(H,76,77)/t16-,18-,19-,20-,21-,22-,23?,24-,25-,26-,27-/m1/s1. The highest BCUT2D eigenvalue weighted by Crippen LogP contribution is 2.09. The van der Waals surface area contributed by atoms with Crippen LogP contribution in [0.15, 0.2) is 0 Å². The molecule has 0 heterocycles. The molecule has 0 saturated heterocycles. The van der Waals surface area contributed by atoms with Gasteiger partial charge in [0.25, 0.3) is 0 Å². The van der Waals surface area contributed by atoms with Gasteiger partial charge in [-0.05, 0) is 26.2 Å². The van der Waals surface area contributed by atoms with E-state index in [-0.39, 0.29) is 0 Å². The number of aliphatic hydroxyl groups excluding tert-OH is 2. The summed E-state index contributed by atoms with van der Waals surface area (Å²) in [6.45, 7) is -0.805. The number of amides is 14. The Bertz CT molecular complexity index is 2670. The minimum absolute atomic E-state index is 0.658. The normalized spacial score (nSPS) is 14.4. The van der Waals surface area contributed by atoms with Gasteiger partial charge in [0.05, 0.1) is 45.3 Å².